The van der Waals surface area contributed by atoms with E-state index in [-0.39, 0.29) is 5.75 Å². The van der Waals surface area contributed by atoms with E-state index < -0.39 is 7.12 Å². The topological polar surface area (TPSA) is 60.7 Å². The summed E-state index contributed by atoms with van der Waals surface area (Å²) < 4.78 is 1.32. The molecular weight excluding hydrogens is 219 g/mol. The van der Waals surface area contributed by atoms with Gasteiger partial charge in [-0.25, -0.2) is 0 Å². The molecule has 0 unspecified atom stereocenters. The van der Waals surface area contributed by atoms with Gasteiger partial charge in [-0.3, -0.25) is 0 Å². The van der Waals surface area contributed by atoms with E-state index in [0.717, 1.165) is 4.70 Å². The van der Waals surface area contributed by atoms with Crippen LogP contribution in [0.5, 0.6) is 5.75 Å². The summed E-state index contributed by atoms with van der Waals surface area (Å²) in [5.74, 6) is 0.146. The van der Waals surface area contributed by atoms with Crippen molar-refractivity contribution in [2.75, 3.05) is 0 Å². The van der Waals surface area contributed by atoms with Gasteiger partial charge in [0.1, 0.15) is 5.75 Å². The minimum Gasteiger partial charge on any atom is -0.505 e. The van der Waals surface area contributed by atoms with Gasteiger partial charge in [-0.15, -0.1) is 24.0 Å². The fourth-order valence-electron chi connectivity index (χ4n) is 1.25. The molecule has 1 aromatic carbocycles. The summed E-state index contributed by atoms with van der Waals surface area (Å²) in [6.45, 7) is 0. The highest BCUT2D eigenvalue weighted by Gasteiger charge is 2.14. The third-order valence-corrected chi connectivity index (χ3v) is 3.40. The smallest absolute Gasteiger partial charge is 0.488 e. The van der Waals surface area contributed by atoms with Gasteiger partial charge in [-0.1, -0.05) is 12.1 Å². The summed E-state index contributed by atoms with van der Waals surface area (Å²) in [4.78, 5) is 0. The van der Waals surface area contributed by atoms with Crippen LogP contribution < -0.4 is 5.46 Å². The number of fused-ring (bicyclic) bond motifs is 1. The Balaban J connectivity index is 2.67. The van der Waals surface area contributed by atoms with Crippen molar-refractivity contribution in [3.63, 3.8) is 0 Å². The Kier molecular flexibility index (Phi) is 2.44. The molecule has 0 amide bonds. The maximum Gasteiger partial charge on any atom is 0.488 e. The normalized spacial score (nSPS) is 10.8. The molecule has 0 saturated heterocycles. The van der Waals surface area contributed by atoms with Crippen LogP contribution in [0.1, 0.15) is 0 Å². The Bertz CT molecular complexity index is 481. The number of hydrogen-bond donors (Lipinski definition) is 4. The van der Waals surface area contributed by atoms with Crippen LogP contribution in [0.4, 0.5) is 0 Å². The van der Waals surface area contributed by atoms with Crippen LogP contribution in [0.2, 0.25) is 0 Å². The molecule has 0 fully saturated rings. The van der Waals surface area contributed by atoms with Gasteiger partial charge in [0.2, 0.25) is 0 Å². The SMILES string of the molecule is OB(O)c1ccc2c(O)c(S)sc2c1. The number of thiol groups is 1. The first-order valence-electron chi connectivity index (χ1n) is 3.90. The minimum absolute atomic E-state index is 0.146. The van der Waals surface area contributed by atoms with Gasteiger partial charge < -0.3 is 15.2 Å². The maximum atomic E-state index is 9.54. The maximum absolute atomic E-state index is 9.54. The summed E-state index contributed by atoms with van der Waals surface area (Å²) in [6.07, 6.45) is 0. The van der Waals surface area contributed by atoms with Crippen LogP contribution in [-0.2, 0) is 0 Å². The number of aromatic hydroxyl groups is 1. The largest absolute Gasteiger partial charge is 0.505 e. The van der Waals surface area contributed by atoms with Crippen LogP contribution >= 0.6 is 24.0 Å². The zero-order valence-corrected chi connectivity index (χ0v) is 8.72. The average Bonchev–Trinajstić information content (AvgIpc) is 2.42. The third kappa shape index (κ3) is 1.50. The van der Waals surface area contributed by atoms with Crippen LogP contribution in [0.25, 0.3) is 10.1 Å². The second-order valence-corrected chi connectivity index (χ2v) is 4.69. The van der Waals surface area contributed by atoms with Gasteiger partial charge in [-0.2, -0.15) is 0 Å². The van der Waals surface area contributed by atoms with Gasteiger partial charge >= 0.3 is 7.12 Å². The van der Waals surface area contributed by atoms with E-state index in [9.17, 15) is 5.11 Å². The molecule has 0 atom stereocenters. The van der Waals surface area contributed by atoms with Crippen molar-refractivity contribution in [2.24, 2.45) is 0 Å². The third-order valence-electron chi connectivity index (χ3n) is 1.97. The van der Waals surface area contributed by atoms with Crippen molar-refractivity contribution in [3.05, 3.63) is 18.2 Å². The molecule has 0 spiro atoms. The van der Waals surface area contributed by atoms with Gasteiger partial charge in [0.25, 0.3) is 0 Å². The second-order valence-electron chi connectivity index (χ2n) is 2.89. The summed E-state index contributed by atoms with van der Waals surface area (Å²) >= 11 is 5.39. The summed E-state index contributed by atoms with van der Waals surface area (Å²) in [7, 11) is -1.48. The van der Waals surface area contributed by atoms with Crippen molar-refractivity contribution in [1.82, 2.24) is 0 Å². The lowest BCUT2D eigenvalue weighted by Gasteiger charge is -1.98. The molecule has 72 valence electrons. The number of benzene rings is 1. The fourth-order valence-corrected chi connectivity index (χ4v) is 2.55. The lowest BCUT2D eigenvalue weighted by Crippen LogP contribution is -2.29. The monoisotopic (exact) mass is 226 g/mol. The molecule has 0 aliphatic heterocycles. The Morgan fingerprint density at radius 3 is 2.64 bits per heavy atom. The summed E-state index contributed by atoms with van der Waals surface area (Å²) in [6, 6.07) is 4.84. The van der Waals surface area contributed by atoms with Gasteiger partial charge in [0.05, 0.1) is 4.21 Å². The van der Waals surface area contributed by atoms with Crippen molar-refractivity contribution in [1.29, 1.82) is 0 Å². The Morgan fingerprint density at radius 1 is 1.29 bits per heavy atom. The highest BCUT2D eigenvalue weighted by atomic mass is 32.2. The standard InChI is InChI=1S/C8H7BO3S2/c10-7-5-2-1-4(9(11)12)3-6(5)14-8(7)13/h1-3,10-13H. The second kappa shape index (κ2) is 3.47. The molecule has 0 radical (unpaired) electrons. The predicted molar refractivity (Wildman–Crippen MR) is 60.6 cm³/mol. The fraction of sp³-hybridized carbons (Fsp3) is 0. The van der Waals surface area contributed by atoms with Gasteiger partial charge in [-0.05, 0) is 11.5 Å². The lowest BCUT2D eigenvalue weighted by molar-refractivity contribution is 0.426. The molecule has 2 aromatic rings. The first-order chi connectivity index (χ1) is 6.59. The van der Waals surface area contributed by atoms with Gasteiger partial charge in [0.15, 0.2) is 0 Å². The minimum atomic E-state index is -1.48. The van der Waals surface area contributed by atoms with Crippen LogP contribution in [-0.4, -0.2) is 22.3 Å². The van der Waals surface area contributed by atoms with E-state index in [4.69, 9.17) is 10.0 Å². The van der Waals surface area contributed by atoms with Crippen LogP contribution in [0.15, 0.2) is 22.4 Å². The van der Waals surface area contributed by atoms with Crippen molar-refractivity contribution in [2.45, 2.75) is 4.21 Å². The quantitative estimate of drug-likeness (QED) is 0.425. The molecule has 1 heterocycles. The highest BCUT2D eigenvalue weighted by molar-refractivity contribution is 7.83. The first kappa shape index (κ1) is 9.85. The van der Waals surface area contributed by atoms with E-state index in [1.54, 1.807) is 18.2 Å². The summed E-state index contributed by atoms with van der Waals surface area (Å²) in [5, 5.41) is 28.1. The van der Waals surface area contributed by atoms with Crippen LogP contribution in [0.3, 0.4) is 0 Å². The van der Waals surface area contributed by atoms with E-state index in [0.29, 0.717) is 15.1 Å². The molecule has 2 rings (SSSR count). The molecule has 14 heavy (non-hydrogen) atoms. The van der Waals surface area contributed by atoms with Crippen molar-refractivity contribution in [3.8, 4) is 5.75 Å². The van der Waals surface area contributed by atoms with E-state index >= 15 is 0 Å². The Hall–Kier alpha value is -0.685. The molecule has 0 aliphatic rings. The van der Waals surface area contributed by atoms with E-state index in [1.807, 2.05) is 0 Å². The lowest BCUT2D eigenvalue weighted by atomic mass is 9.80. The van der Waals surface area contributed by atoms with E-state index in [1.165, 1.54) is 11.3 Å². The van der Waals surface area contributed by atoms with Crippen LogP contribution in [0, 0.1) is 0 Å². The highest BCUT2D eigenvalue weighted by Crippen LogP contribution is 2.38. The number of rotatable bonds is 1. The zero-order chi connectivity index (χ0) is 10.3. The Morgan fingerprint density at radius 2 is 2.00 bits per heavy atom. The molecule has 0 aliphatic carbocycles. The molecule has 0 bridgehead atoms. The summed E-state index contributed by atoms with van der Waals surface area (Å²) in [5.41, 5.74) is 0.409. The average molecular weight is 226 g/mol. The molecular formula is C8H7BO3S2. The molecule has 6 heteroatoms. The zero-order valence-electron chi connectivity index (χ0n) is 7.01. The number of hydrogen-bond acceptors (Lipinski definition) is 5. The molecule has 1 aromatic heterocycles. The first-order valence-corrected chi connectivity index (χ1v) is 5.16. The van der Waals surface area contributed by atoms with Crippen molar-refractivity contribution < 1.29 is 15.2 Å². The predicted octanol–water partition coefficient (Wildman–Crippen LogP) is 0.575. The molecule has 0 saturated carbocycles. The van der Waals surface area contributed by atoms with Gasteiger partial charge in [0, 0.05) is 10.1 Å². The van der Waals surface area contributed by atoms with E-state index in [2.05, 4.69) is 12.6 Å². The number of thiophene rings is 1. The Labute approximate surface area is 90.2 Å². The molecule has 3 nitrogen and oxygen atoms in total. The van der Waals surface area contributed by atoms with Crippen molar-refractivity contribution >= 4 is 46.6 Å². The molecule has 3 N–H and O–H groups in total.